The highest BCUT2D eigenvalue weighted by molar-refractivity contribution is 6.03. The smallest absolute Gasteiger partial charge is 0.154 e. The van der Waals surface area contributed by atoms with Crippen LogP contribution < -0.4 is 4.90 Å². The molecule has 38 heavy (non-hydrogen) atoms. The van der Waals surface area contributed by atoms with Gasteiger partial charge in [0.2, 0.25) is 0 Å². The van der Waals surface area contributed by atoms with Crippen LogP contribution in [0.25, 0.3) is 44.3 Å². The van der Waals surface area contributed by atoms with Gasteiger partial charge in [0.25, 0.3) is 0 Å². The van der Waals surface area contributed by atoms with E-state index in [1.165, 1.54) is 22.3 Å². The zero-order chi connectivity index (χ0) is 25.3. The van der Waals surface area contributed by atoms with E-state index in [1.807, 2.05) is 42.5 Å². The molecular formula is C35H24N2O. The lowest BCUT2D eigenvalue weighted by atomic mass is 10.0. The number of benzene rings is 5. The molecule has 0 spiro atoms. The molecule has 0 N–H and O–H groups in total. The van der Waals surface area contributed by atoms with E-state index in [2.05, 4.69) is 108 Å². The average Bonchev–Trinajstić information content (AvgIpc) is 3.37. The molecule has 0 bridgehead atoms. The number of furan rings is 1. The van der Waals surface area contributed by atoms with Crippen LogP contribution in [0.5, 0.6) is 0 Å². The Morgan fingerprint density at radius 2 is 0.921 bits per heavy atom. The van der Waals surface area contributed by atoms with Crippen molar-refractivity contribution in [3.05, 3.63) is 146 Å². The Kier molecular flexibility index (Phi) is 5.45. The van der Waals surface area contributed by atoms with Crippen molar-refractivity contribution in [1.82, 2.24) is 4.98 Å². The van der Waals surface area contributed by atoms with E-state index in [9.17, 15) is 0 Å². The standard InChI is InChI=1S/C35H24N2O/c1-3-9-25(10-4-1)27-15-19-29(20-16-27)37(30-21-17-28(18-22-30)26-11-5-2-6-12-26)34-24-23-33-35(36-34)31-13-7-8-14-32(31)38-33/h1-24H. The second-order valence-electron chi connectivity index (χ2n) is 9.28. The molecule has 7 aromatic rings. The number of rotatable bonds is 5. The molecule has 0 amide bonds. The van der Waals surface area contributed by atoms with Gasteiger partial charge in [-0.1, -0.05) is 97.1 Å². The third-order valence-corrected chi connectivity index (χ3v) is 6.90. The summed E-state index contributed by atoms with van der Waals surface area (Å²) in [6.45, 7) is 0. The minimum absolute atomic E-state index is 0.786. The SMILES string of the molecule is c1ccc(-c2ccc(N(c3ccc(-c4ccccc4)cc3)c3ccc4oc5ccccc5c4n3)cc2)cc1. The first-order chi connectivity index (χ1) is 18.8. The summed E-state index contributed by atoms with van der Waals surface area (Å²) >= 11 is 0. The van der Waals surface area contributed by atoms with Crippen LogP contribution >= 0.6 is 0 Å². The van der Waals surface area contributed by atoms with Gasteiger partial charge in [0.1, 0.15) is 16.9 Å². The van der Waals surface area contributed by atoms with E-state index < -0.39 is 0 Å². The maximum Gasteiger partial charge on any atom is 0.154 e. The Balaban J connectivity index is 1.35. The zero-order valence-electron chi connectivity index (χ0n) is 20.7. The van der Waals surface area contributed by atoms with Crippen molar-refractivity contribution >= 4 is 39.3 Å². The normalized spacial score (nSPS) is 11.2. The van der Waals surface area contributed by atoms with Gasteiger partial charge < -0.3 is 4.42 Å². The fraction of sp³-hybridized carbons (Fsp3) is 0. The van der Waals surface area contributed by atoms with E-state index in [1.54, 1.807) is 0 Å². The number of anilines is 3. The highest BCUT2D eigenvalue weighted by Gasteiger charge is 2.17. The van der Waals surface area contributed by atoms with Gasteiger partial charge in [-0.05, 0) is 70.8 Å². The monoisotopic (exact) mass is 488 g/mol. The molecule has 180 valence electrons. The van der Waals surface area contributed by atoms with Gasteiger partial charge >= 0.3 is 0 Å². The van der Waals surface area contributed by atoms with Crippen molar-refractivity contribution in [2.75, 3.05) is 4.90 Å². The summed E-state index contributed by atoms with van der Waals surface area (Å²) in [6.07, 6.45) is 0. The predicted octanol–water partition coefficient (Wildman–Crippen LogP) is 9.78. The summed E-state index contributed by atoms with van der Waals surface area (Å²) in [5.41, 5.74) is 9.32. The molecule has 0 saturated heterocycles. The Morgan fingerprint density at radius 1 is 0.421 bits per heavy atom. The topological polar surface area (TPSA) is 29.3 Å². The van der Waals surface area contributed by atoms with E-state index in [0.717, 1.165) is 39.3 Å². The van der Waals surface area contributed by atoms with Gasteiger partial charge in [0.15, 0.2) is 5.58 Å². The molecule has 0 aliphatic rings. The van der Waals surface area contributed by atoms with Crippen LogP contribution in [0.4, 0.5) is 17.2 Å². The highest BCUT2D eigenvalue weighted by Crippen LogP contribution is 2.38. The number of pyridine rings is 1. The largest absolute Gasteiger partial charge is 0.454 e. The van der Waals surface area contributed by atoms with Gasteiger partial charge in [0, 0.05) is 16.8 Å². The Labute approximate surface area is 221 Å². The first-order valence-corrected chi connectivity index (χ1v) is 12.7. The van der Waals surface area contributed by atoms with Crippen molar-refractivity contribution in [3.8, 4) is 22.3 Å². The quantitative estimate of drug-likeness (QED) is 0.241. The van der Waals surface area contributed by atoms with Gasteiger partial charge in [0.05, 0.1) is 0 Å². The van der Waals surface area contributed by atoms with Crippen molar-refractivity contribution < 1.29 is 4.42 Å². The molecular weight excluding hydrogens is 464 g/mol. The molecule has 2 heterocycles. The fourth-order valence-corrected chi connectivity index (χ4v) is 4.99. The summed E-state index contributed by atoms with van der Waals surface area (Å²) in [7, 11) is 0. The maximum absolute atomic E-state index is 6.05. The minimum Gasteiger partial charge on any atom is -0.454 e. The molecule has 0 aliphatic heterocycles. The molecule has 7 rings (SSSR count). The third-order valence-electron chi connectivity index (χ3n) is 6.90. The van der Waals surface area contributed by atoms with E-state index in [4.69, 9.17) is 9.40 Å². The average molecular weight is 489 g/mol. The number of aromatic nitrogens is 1. The molecule has 0 aliphatic carbocycles. The van der Waals surface area contributed by atoms with Crippen LogP contribution in [0.2, 0.25) is 0 Å². The third kappa shape index (κ3) is 4.00. The van der Waals surface area contributed by atoms with Crippen LogP contribution in [-0.4, -0.2) is 4.98 Å². The van der Waals surface area contributed by atoms with Crippen LogP contribution in [0, 0.1) is 0 Å². The highest BCUT2D eigenvalue weighted by atomic mass is 16.3. The summed E-state index contributed by atoms with van der Waals surface area (Å²) in [6, 6.07) is 50.3. The first kappa shape index (κ1) is 22.1. The lowest BCUT2D eigenvalue weighted by molar-refractivity contribution is 0.668. The Hall–Kier alpha value is -5.15. The minimum atomic E-state index is 0.786. The fourth-order valence-electron chi connectivity index (χ4n) is 4.99. The van der Waals surface area contributed by atoms with Crippen LogP contribution in [0.15, 0.2) is 150 Å². The number of nitrogens with zero attached hydrogens (tertiary/aromatic N) is 2. The molecule has 0 fully saturated rings. The van der Waals surface area contributed by atoms with Gasteiger partial charge in [-0.2, -0.15) is 0 Å². The van der Waals surface area contributed by atoms with Crippen LogP contribution in [-0.2, 0) is 0 Å². The van der Waals surface area contributed by atoms with Crippen LogP contribution in [0.1, 0.15) is 0 Å². The van der Waals surface area contributed by atoms with Crippen molar-refractivity contribution in [2.24, 2.45) is 0 Å². The second kappa shape index (κ2) is 9.38. The van der Waals surface area contributed by atoms with Crippen molar-refractivity contribution in [3.63, 3.8) is 0 Å². The number of hydrogen-bond donors (Lipinski definition) is 0. The van der Waals surface area contributed by atoms with E-state index >= 15 is 0 Å². The van der Waals surface area contributed by atoms with Crippen molar-refractivity contribution in [2.45, 2.75) is 0 Å². The van der Waals surface area contributed by atoms with Gasteiger partial charge in [-0.3, -0.25) is 4.90 Å². The molecule has 0 saturated carbocycles. The summed E-state index contributed by atoms with van der Waals surface area (Å²) in [4.78, 5) is 7.31. The van der Waals surface area contributed by atoms with E-state index in [-0.39, 0.29) is 0 Å². The van der Waals surface area contributed by atoms with Gasteiger partial charge in [-0.15, -0.1) is 0 Å². The maximum atomic E-state index is 6.05. The Bertz CT molecular complexity index is 1760. The molecule has 5 aromatic carbocycles. The van der Waals surface area contributed by atoms with Crippen molar-refractivity contribution in [1.29, 1.82) is 0 Å². The van der Waals surface area contributed by atoms with Crippen LogP contribution in [0.3, 0.4) is 0 Å². The molecule has 0 radical (unpaired) electrons. The molecule has 0 atom stereocenters. The van der Waals surface area contributed by atoms with E-state index in [0.29, 0.717) is 0 Å². The van der Waals surface area contributed by atoms with Gasteiger partial charge in [-0.25, -0.2) is 4.98 Å². The summed E-state index contributed by atoms with van der Waals surface area (Å²) < 4.78 is 6.05. The second-order valence-corrected chi connectivity index (χ2v) is 9.28. The lowest BCUT2D eigenvalue weighted by Gasteiger charge is -2.25. The summed E-state index contributed by atoms with van der Waals surface area (Å²) in [5.74, 6) is 0.837. The zero-order valence-corrected chi connectivity index (χ0v) is 20.7. The molecule has 2 aromatic heterocycles. The lowest BCUT2D eigenvalue weighted by Crippen LogP contribution is -2.11. The molecule has 3 heteroatoms. The Morgan fingerprint density at radius 3 is 1.50 bits per heavy atom. The first-order valence-electron chi connectivity index (χ1n) is 12.7. The number of fused-ring (bicyclic) bond motifs is 3. The molecule has 3 nitrogen and oxygen atoms in total. The number of para-hydroxylation sites is 1. The number of hydrogen-bond acceptors (Lipinski definition) is 3. The molecule has 0 unspecified atom stereocenters. The predicted molar refractivity (Wildman–Crippen MR) is 157 cm³/mol. The summed E-state index contributed by atoms with van der Waals surface area (Å²) in [5, 5.41) is 1.02.